The Balaban J connectivity index is 1.62. The van der Waals surface area contributed by atoms with Crippen LogP contribution in [0.2, 0.25) is 10.0 Å². The number of fused-ring (bicyclic) bond motifs is 1. The van der Waals surface area contributed by atoms with Crippen LogP contribution in [0.25, 0.3) is 16.8 Å². The molecule has 10 heteroatoms. The van der Waals surface area contributed by atoms with E-state index in [9.17, 15) is 13.2 Å². The summed E-state index contributed by atoms with van der Waals surface area (Å²) in [5.41, 5.74) is 2.34. The zero-order valence-corrected chi connectivity index (χ0v) is 16.7. The molecule has 3 heterocycles. The topological polar surface area (TPSA) is 51.5 Å². The van der Waals surface area contributed by atoms with Crippen LogP contribution in [0.5, 0.6) is 0 Å². The van der Waals surface area contributed by atoms with Gasteiger partial charge in [-0.1, -0.05) is 29.3 Å². The molecule has 1 fully saturated rings. The lowest BCUT2D eigenvalue weighted by molar-refractivity contribution is -0.128. The Kier molecular flexibility index (Phi) is 5.59. The van der Waals surface area contributed by atoms with Gasteiger partial charge in [-0.2, -0.15) is 13.2 Å². The molecule has 1 aromatic carbocycles. The zero-order chi connectivity index (χ0) is 20.6. The number of pyridine rings is 1. The molecule has 2 aromatic heterocycles. The maximum Gasteiger partial charge on any atom is 0.396 e. The molecule has 1 aliphatic heterocycles. The summed E-state index contributed by atoms with van der Waals surface area (Å²) in [6.07, 6.45) is -2.25. The molecule has 4 rings (SSSR count). The Morgan fingerprint density at radius 2 is 1.90 bits per heavy atom. The number of benzene rings is 1. The maximum absolute atomic E-state index is 12.7. The SMILES string of the molecule is FC(F)(F)Cc1nnc2c(Cl)c(-c3ccc(NC4CCOCC4)c(Cl)c3)ccn12. The molecule has 0 radical (unpaired) electrons. The van der Waals surface area contributed by atoms with E-state index in [0.29, 0.717) is 16.6 Å². The Labute approximate surface area is 174 Å². The van der Waals surface area contributed by atoms with Gasteiger partial charge in [0.05, 0.1) is 15.7 Å². The predicted molar refractivity (Wildman–Crippen MR) is 106 cm³/mol. The standard InChI is InChI=1S/C19H17Cl2F3N4O/c20-14-9-11(1-2-15(14)25-12-4-7-29-8-5-12)13-3-6-28-16(10-19(22,23)24)26-27-18(28)17(13)21/h1-3,6,9,12,25H,4-5,7-8,10H2. The van der Waals surface area contributed by atoms with E-state index in [4.69, 9.17) is 27.9 Å². The monoisotopic (exact) mass is 444 g/mol. The van der Waals surface area contributed by atoms with Gasteiger partial charge in [0.15, 0.2) is 5.65 Å². The summed E-state index contributed by atoms with van der Waals surface area (Å²) in [4.78, 5) is 0. The van der Waals surface area contributed by atoms with E-state index in [1.165, 1.54) is 10.6 Å². The highest BCUT2D eigenvalue weighted by atomic mass is 35.5. The summed E-state index contributed by atoms with van der Waals surface area (Å²) in [6.45, 7) is 1.44. The van der Waals surface area contributed by atoms with Gasteiger partial charge >= 0.3 is 6.18 Å². The fourth-order valence-electron chi connectivity index (χ4n) is 3.36. The second-order valence-electron chi connectivity index (χ2n) is 6.87. The van der Waals surface area contributed by atoms with Crippen molar-refractivity contribution in [2.45, 2.75) is 31.5 Å². The molecule has 0 amide bonds. The van der Waals surface area contributed by atoms with Crippen LogP contribution in [0.15, 0.2) is 30.5 Å². The molecule has 5 nitrogen and oxygen atoms in total. The summed E-state index contributed by atoms with van der Waals surface area (Å²) in [6, 6.07) is 7.43. The summed E-state index contributed by atoms with van der Waals surface area (Å²) in [5.74, 6) is -0.213. The highest BCUT2D eigenvalue weighted by Crippen LogP contribution is 2.35. The number of hydrogen-bond donors (Lipinski definition) is 1. The van der Waals surface area contributed by atoms with Crippen LogP contribution in [-0.4, -0.2) is 40.0 Å². The van der Waals surface area contributed by atoms with Crippen LogP contribution in [0.3, 0.4) is 0 Å². The molecular weight excluding hydrogens is 428 g/mol. The van der Waals surface area contributed by atoms with Crippen LogP contribution in [0, 0.1) is 0 Å². The van der Waals surface area contributed by atoms with Crippen LogP contribution >= 0.6 is 23.2 Å². The van der Waals surface area contributed by atoms with Crippen molar-refractivity contribution in [3.8, 4) is 11.1 Å². The lowest BCUT2D eigenvalue weighted by atomic mass is 10.1. The Hall–Kier alpha value is -2.03. The minimum absolute atomic E-state index is 0.170. The van der Waals surface area contributed by atoms with Crippen molar-refractivity contribution in [3.63, 3.8) is 0 Å². The Morgan fingerprint density at radius 1 is 1.14 bits per heavy atom. The normalized spacial score (nSPS) is 15.8. The summed E-state index contributed by atoms with van der Waals surface area (Å²) < 4.78 is 44.7. The van der Waals surface area contributed by atoms with E-state index in [1.807, 2.05) is 12.1 Å². The van der Waals surface area contributed by atoms with E-state index in [1.54, 1.807) is 12.1 Å². The van der Waals surface area contributed by atoms with Gasteiger partial charge in [-0.3, -0.25) is 4.40 Å². The first kappa shape index (κ1) is 20.3. The first-order valence-corrected chi connectivity index (χ1v) is 9.80. The van der Waals surface area contributed by atoms with Gasteiger partial charge in [-0.15, -0.1) is 10.2 Å². The van der Waals surface area contributed by atoms with Crippen molar-refractivity contribution in [3.05, 3.63) is 46.3 Å². The number of ether oxygens (including phenoxy) is 1. The third kappa shape index (κ3) is 4.44. The van der Waals surface area contributed by atoms with Gasteiger partial charge in [0.1, 0.15) is 12.2 Å². The summed E-state index contributed by atoms with van der Waals surface area (Å²) in [7, 11) is 0. The number of hydrogen-bond acceptors (Lipinski definition) is 4. The van der Waals surface area contributed by atoms with Crippen molar-refractivity contribution >= 4 is 34.5 Å². The number of nitrogens with one attached hydrogen (secondary N) is 1. The molecule has 1 saturated heterocycles. The van der Waals surface area contributed by atoms with Crippen LogP contribution in [0.1, 0.15) is 18.7 Å². The maximum atomic E-state index is 12.7. The minimum atomic E-state index is -4.38. The summed E-state index contributed by atoms with van der Waals surface area (Å²) in [5, 5.41) is 11.6. The molecule has 0 saturated carbocycles. The molecule has 0 bridgehead atoms. The molecule has 1 N–H and O–H groups in total. The fourth-order valence-corrected chi connectivity index (χ4v) is 3.89. The van der Waals surface area contributed by atoms with Crippen molar-refractivity contribution in [2.24, 2.45) is 0 Å². The second kappa shape index (κ2) is 8.01. The number of aromatic nitrogens is 3. The zero-order valence-electron chi connectivity index (χ0n) is 15.1. The fraction of sp³-hybridized carbons (Fsp3) is 0.368. The van der Waals surface area contributed by atoms with E-state index < -0.39 is 12.6 Å². The highest BCUT2D eigenvalue weighted by Gasteiger charge is 2.31. The van der Waals surface area contributed by atoms with Crippen molar-refractivity contribution in [1.82, 2.24) is 14.6 Å². The van der Waals surface area contributed by atoms with Gasteiger partial charge in [0, 0.05) is 31.0 Å². The second-order valence-corrected chi connectivity index (χ2v) is 7.66. The van der Waals surface area contributed by atoms with Crippen LogP contribution in [-0.2, 0) is 11.2 Å². The molecule has 29 heavy (non-hydrogen) atoms. The van der Waals surface area contributed by atoms with Gasteiger partial charge in [-0.05, 0) is 36.6 Å². The summed E-state index contributed by atoms with van der Waals surface area (Å²) >= 11 is 12.9. The first-order valence-electron chi connectivity index (χ1n) is 9.05. The minimum Gasteiger partial charge on any atom is -0.381 e. The average Bonchev–Trinajstić information content (AvgIpc) is 3.07. The number of nitrogens with zero attached hydrogens (tertiary/aromatic N) is 3. The van der Waals surface area contributed by atoms with Crippen molar-refractivity contribution in [2.75, 3.05) is 18.5 Å². The molecule has 3 aromatic rings. The highest BCUT2D eigenvalue weighted by molar-refractivity contribution is 6.36. The van der Waals surface area contributed by atoms with Gasteiger partial charge in [-0.25, -0.2) is 0 Å². The molecule has 0 aliphatic carbocycles. The third-order valence-corrected chi connectivity index (χ3v) is 5.49. The van der Waals surface area contributed by atoms with E-state index in [-0.39, 0.29) is 16.5 Å². The molecule has 0 atom stereocenters. The Bertz CT molecular complexity index is 1030. The molecule has 0 unspecified atom stereocenters. The van der Waals surface area contributed by atoms with E-state index in [0.717, 1.165) is 37.3 Å². The number of anilines is 1. The Morgan fingerprint density at radius 3 is 2.59 bits per heavy atom. The lowest BCUT2D eigenvalue weighted by Crippen LogP contribution is -2.27. The number of halogens is 5. The van der Waals surface area contributed by atoms with Gasteiger partial charge in [0.25, 0.3) is 0 Å². The number of alkyl halides is 3. The van der Waals surface area contributed by atoms with E-state index in [2.05, 4.69) is 15.5 Å². The number of rotatable bonds is 4. The van der Waals surface area contributed by atoms with Gasteiger partial charge < -0.3 is 10.1 Å². The first-order chi connectivity index (χ1) is 13.8. The predicted octanol–water partition coefficient (Wildman–Crippen LogP) is 5.40. The van der Waals surface area contributed by atoms with Crippen molar-refractivity contribution in [1.29, 1.82) is 0 Å². The average molecular weight is 445 g/mol. The van der Waals surface area contributed by atoms with E-state index >= 15 is 0 Å². The molecule has 0 spiro atoms. The largest absolute Gasteiger partial charge is 0.396 e. The van der Waals surface area contributed by atoms with Gasteiger partial charge in [0.2, 0.25) is 0 Å². The molecular formula is C19H17Cl2F3N4O. The van der Waals surface area contributed by atoms with Crippen molar-refractivity contribution < 1.29 is 17.9 Å². The third-order valence-electron chi connectivity index (χ3n) is 4.81. The van der Waals surface area contributed by atoms with Crippen LogP contribution < -0.4 is 5.32 Å². The lowest BCUT2D eigenvalue weighted by Gasteiger charge is -2.24. The smallest absolute Gasteiger partial charge is 0.381 e. The quantitative estimate of drug-likeness (QED) is 0.585. The molecule has 1 aliphatic rings. The molecule has 154 valence electrons. The van der Waals surface area contributed by atoms with Crippen LogP contribution in [0.4, 0.5) is 18.9 Å².